The lowest BCUT2D eigenvalue weighted by Gasteiger charge is -2.32. The lowest BCUT2D eigenvalue weighted by atomic mass is 10.0. The van der Waals surface area contributed by atoms with E-state index in [9.17, 15) is 4.79 Å². The van der Waals surface area contributed by atoms with Crippen LogP contribution in [0.3, 0.4) is 0 Å². The number of benzene rings is 2. The highest BCUT2D eigenvalue weighted by Crippen LogP contribution is 2.16. The molecule has 0 N–H and O–H groups in total. The van der Waals surface area contributed by atoms with Crippen molar-refractivity contribution >= 4 is 17.2 Å². The normalized spacial score (nSPS) is 16.5. The first-order valence-electron chi connectivity index (χ1n) is 7.24. The van der Waals surface area contributed by atoms with E-state index >= 15 is 0 Å². The van der Waals surface area contributed by atoms with E-state index in [4.69, 9.17) is 0 Å². The first-order valence-corrected chi connectivity index (χ1v) is 7.24. The minimum atomic E-state index is 0.862. The quantitative estimate of drug-likeness (QED) is 0.793. The van der Waals surface area contributed by atoms with Crippen LogP contribution in [0.2, 0.25) is 0 Å². The fourth-order valence-electron chi connectivity index (χ4n) is 2.77. The summed E-state index contributed by atoms with van der Waals surface area (Å²) in [5, 5.41) is 2.62. The van der Waals surface area contributed by atoms with Gasteiger partial charge in [0, 0.05) is 32.7 Å². The molecule has 2 aromatic carbocycles. The van der Waals surface area contributed by atoms with Crippen molar-refractivity contribution in [3.8, 4) is 0 Å². The zero-order valence-corrected chi connectivity index (χ0v) is 11.7. The Balaban J connectivity index is 1.58. The molecule has 3 nitrogen and oxygen atoms in total. The summed E-state index contributed by atoms with van der Waals surface area (Å²) >= 11 is 0. The highest BCUT2D eigenvalue weighted by atomic mass is 16.1. The smallest absolute Gasteiger partial charge is 0.209 e. The van der Waals surface area contributed by atoms with Gasteiger partial charge in [-0.1, -0.05) is 42.5 Å². The maximum atomic E-state index is 10.7. The second-order valence-electron chi connectivity index (χ2n) is 5.41. The number of piperazine rings is 1. The predicted molar refractivity (Wildman–Crippen MR) is 81.7 cm³/mol. The van der Waals surface area contributed by atoms with E-state index < -0.39 is 0 Å². The van der Waals surface area contributed by atoms with Crippen LogP contribution in [0.1, 0.15) is 5.56 Å². The van der Waals surface area contributed by atoms with Crippen molar-refractivity contribution in [1.82, 2.24) is 9.80 Å². The van der Waals surface area contributed by atoms with E-state index in [0.717, 1.165) is 45.6 Å². The largest absolute Gasteiger partial charge is 0.343 e. The Bertz CT molecular complexity index is 588. The van der Waals surface area contributed by atoms with Gasteiger partial charge in [0.25, 0.3) is 0 Å². The molecule has 20 heavy (non-hydrogen) atoms. The molecule has 0 radical (unpaired) electrons. The Morgan fingerprint density at radius 2 is 1.70 bits per heavy atom. The molecule has 3 rings (SSSR count). The lowest BCUT2D eigenvalue weighted by Crippen LogP contribution is -2.46. The van der Waals surface area contributed by atoms with Gasteiger partial charge in [-0.15, -0.1) is 0 Å². The van der Waals surface area contributed by atoms with Crippen molar-refractivity contribution < 1.29 is 4.79 Å². The van der Waals surface area contributed by atoms with E-state index in [1.54, 1.807) is 0 Å². The molecule has 0 aliphatic carbocycles. The van der Waals surface area contributed by atoms with E-state index in [2.05, 4.69) is 47.4 Å². The van der Waals surface area contributed by atoms with Gasteiger partial charge in [0.15, 0.2) is 0 Å². The molecular formula is C17H20N2O. The minimum absolute atomic E-state index is 0.862. The third kappa shape index (κ3) is 2.99. The third-order valence-corrected chi connectivity index (χ3v) is 4.09. The predicted octanol–water partition coefficient (Wildman–Crippen LogP) is 2.16. The Hall–Kier alpha value is -1.87. The number of rotatable bonds is 4. The molecule has 1 aliphatic heterocycles. The molecule has 2 aromatic rings. The molecule has 0 spiro atoms. The number of amides is 1. The number of nitrogens with zero attached hydrogens (tertiary/aromatic N) is 2. The van der Waals surface area contributed by atoms with Crippen LogP contribution in [0.5, 0.6) is 0 Å². The zero-order chi connectivity index (χ0) is 13.8. The van der Waals surface area contributed by atoms with Crippen LogP contribution in [-0.2, 0) is 11.2 Å². The standard InChI is InChI=1S/C17H20N2O/c20-14-19-11-9-18(10-12-19)8-7-15-5-6-16-3-1-2-4-17(16)13-15/h1-6,13-14H,7-12H2. The fraction of sp³-hybridized carbons (Fsp3) is 0.353. The average Bonchev–Trinajstić information content (AvgIpc) is 2.53. The summed E-state index contributed by atoms with van der Waals surface area (Å²) in [6.07, 6.45) is 2.03. The van der Waals surface area contributed by atoms with Gasteiger partial charge in [-0.2, -0.15) is 0 Å². The number of carbonyl (C=O) groups is 1. The Labute approximate surface area is 119 Å². The lowest BCUT2D eigenvalue weighted by molar-refractivity contribution is -0.119. The molecule has 0 unspecified atom stereocenters. The molecule has 1 heterocycles. The number of carbonyl (C=O) groups excluding carboxylic acids is 1. The van der Waals surface area contributed by atoms with E-state index in [0.29, 0.717) is 0 Å². The molecule has 0 saturated carbocycles. The Kier molecular flexibility index (Phi) is 3.97. The van der Waals surface area contributed by atoms with Gasteiger partial charge in [-0.3, -0.25) is 9.69 Å². The Morgan fingerprint density at radius 1 is 0.950 bits per heavy atom. The highest BCUT2D eigenvalue weighted by Gasteiger charge is 2.14. The van der Waals surface area contributed by atoms with Gasteiger partial charge >= 0.3 is 0 Å². The molecule has 1 saturated heterocycles. The van der Waals surface area contributed by atoms with E-state index in [-0.39, 0.29) is 0 Å². The summed E-state index contributed by atoms with van der Waals surface area (Å²) in [6, 6.07) is 15.2. The topological polar surface area (TPSA) is 23.6 Å². The zero-order valence-electron chi connectivity index (χ0n) is 11.7. The highest BCUT2D eigenvalue weighted by molar-refractivity contribution is 5.82. The van der Waals surface area contributed by atoms with Crippen molar-refractivity contribution in [2.45, 2.75) is 6.42 Å². The van der Waals surface area contributed by atoms with Crippen LogP contribution in [-0.4, -0.2) is 48.9 Å². The van der Waals surface area contributed by atoms with Crippen molar-refractivity contribution in [3.63, 3.8) is 0 Å². The Morgan fingerprint density at radius 3 is 2.45 bits per heavy atom. The van der Waals surface area contributed by atoms with Crippen LogP contribution in [0.25, 0.3) is 10.8 Å². The summed E-state index contributed by atoms with van der Waals surface area (Å²) in [5.74, 6) is 0. The monoisotopic (exact) mass is 268 g/mol. The maximum Gasteiger partial charge on any atom is 0.209 e. The van der Waals surface area contributed by atoms with Crippen LogP contribution in [0, 0.1) is 0 Å². The van der Waals surface area contributed by atoms with Gasteiger partial charge < -0.3 is 4.90 Å². The first-order chi connectivity index (χ1) is 9.85. The summed E-state index contributed by atoms with van der Waals surface area (Å²) in [4.78, 5) is 15.0. The molecule has 0 aromatic heterocycles. The second kappa shape index (κ2) is 6.06. The molecule has 1 aliphatic rings. The van der Waals surface area contributed by atoms with Crippen LogP contribution < -0.4 is 0 Å². The fourth-order valence-corrected chi connectivity index (χ4v) is 2.77. The molecule has 0 atom stereocenters. The van der Waals surface area contributed by atoms with Crippen molar-refractivity contribution in [3.05, 3.63) is 48.0 Å². The third-order valence-electron chi connectivity index (χ3n) is 4.09. The van der Waals surface area contributed by atoms with Crippen LogP contribution in [0.4, 0.5) is 0 Å². The average molecular weight is 268 g/mol. The summed E-state index contributed by atoms with van der Waals surface area (Å²) < 4.78 is 0. The molecular weight excluding hydrogens is 248 g/mol. The van der Waals surface area contributed by atoms with E-state index in [1.807, 2.05) is 4.90 Å². The molecule has 0 bridgehead atoms. The van der Waals surface area contributed by atoms with Gasteiger partial charge in [0.1, 0.15) is 0 Å². The summed E-state index contributed by atoms with van der Waals surface area (Å²) in [5.41, 5.74) is 1.39. The summed E-state index contributed by atoms with van der Waals surface area (Å²) in [7, 11) is 0. The number of fused-ring (bicyclic) bond motifs is 1. The minimum Gasteiger partial charge on any atom is -0.343 e. The van der Waals surface area contributed by atoms with Crippen molar-refractivity contribution in [2.75, 3.05) is 32.7 Å². The van der Waals surface area contributed by atoms with Crippen molar-refractivity contribution in [1.29, 1.82) is 0 Å². The second-order valence-corrected chi connectivity index (χ2v) is 5.41. The number of hydrogen-bond donors (Lipinski definition) is 0. The molecule has 1 fully saturated rings. The molecule has 104 valence electrons. The van der Waals surface area contributed by atoms with E-state index in [1.165, 1.54) is 16.3 Å². The summed E-state index contributed by atoms with van der Waals surface area (Å²) in [6.45, 7) is 4.78. The van der Waals surface area contributed by atoms with Gasteiger partial charge in [-0.25, -0.2) is 0 Å². The van der Waals surface area contributed by atoms with Crippen LogP contribution in [0.15, 0.2) is 42.5 Å². The van der Waals surface area contributed by atoms with Gasteiger partial charge in [-0.05, 0) is 22.8 Å². The van der Waals surface area contributed by atoms with Gasteiger partial charge in [0.05, 0.1) is 0 Å². The van der Waals surface area contributed by atoms with Gasteiger partial charge in [0.2, 0.25) is 6.41 Å². The van der Waals surface area contributed by atoms with Crippen molar-refractivity contribution in [2.24, 2.45) is 0 Å². The maximum absolute atomic E-state index is 10.7. The SMILES string of the molecule is O=CN1CCN(CCc2ccc3ccccc3c2)CC1. The molecule has 3 heteroatoms. The number of hydrogen-bond acceptors (Lipinski definition) is 2. The first kappa shape index (κ1) is 13.1. The van der Waals surface area contributed by atoms with Crippen LogP contribution >= 0.6 is 0 Å². The molecule has 1 amide bonds.